The normalized spacial score (nSPS) is 18.6. The Morgan fingerprint density at radius 2 is 2.00 bits per heavy atom. The Hall–Kier alpha value is -2.02. The predicted octanol–water partition coefficient (Wildman–Crippen LogP) is 3.35. The Morgan fingerprint density at radius 3 is 2.78 bits per heavy atom. The number of benzene rings is 2. The van der Waals surface area contributed by atoms with Crippen LogP contribution < -0.4 is 5.32 Å². The van der Waals surface area contributed by atoms with Gasteiger partial charge in [-0.15, -0.1) is 0 Å². The molecule has 6 heteroatoms. The molecule has 2 aromatic carbocycles. The number of nitrogens with zero attached hydrogens (tertiary/aromatic N) is 1. The van der Waals surface area contributed by atoms with Crippen molar-refractivity contribution >= 4 is 39.4 Å². The van der Waals surface area contributed by atoms with Crippen LogP contribution in [-0.4, -0.2) is 25.3 Å². The second-order valence-electron chi connectivity index (χ2n) is 5.31. The van der Waals surface area contributed by atoms with Crippen LogP contribution in [0.4, 0.5) is 11.4 Å². The van der Waals surface area contributed by atoms with E-state index < -0.39 is 5.79 Å². The molecule has 1 N–H and O–H groups in total. The van der Waals surface area contributed by atoms with Crippen molar-refractivity contribution in [2.24, 2.45) is 4.99 Å². The molecule has 1 spiro atoms. The molecular formula is C17H13BrN2O3. The second-order valence-corrected chi connectivity index (χ2v) is 6.23. The lowest BCUT2D eigenvalue weighted by molar-refractivity contribution is -0.178. The highest BCUT2D eigenvalue weighted by molar-refractivity contribution is 9.10. The zero-order valence-corrected chi connectivity index (χ0v) is 13.7. The number of carbonyl (C=O) groups is 1. The minimum Gasteiger partial charge on any atom is -0.336 e. The smallest absolute Gasteiger partial charge is 0.289 e. The summed E-state index contributed by atoms with van der Waals surface area (Å²) in [7, 11) is 0. The van der Waals surface area contributed by atoms with E-state index in [1.54, 1.807) is 6.21 Å². The van der Waals surface area contributed by atoms with E-state index in [-0.39, 0.29) is 5.91 Å². The van der Waals surface area contributed by atoms with Gasteiger partial charge in [-0.1, -0.05) is 28.1 Å². The Balaban J connectivity index is 1.68. The van der Waals surface area contributed by atoms with Crippen LogP contribution in [0.3, 0.4) is 0 Å². The highest BCUT2D eigenvalue weighted by Crippen LogP contribution is 2.43. The van der Waals surface area contributed by atoms with Crippen LogP contribution >= 0.6 is 15.9 Å². The van der Waals surface area contributed by atoms with Crippen LogP contribution in [0, 0.1) is 0 Å². The van der Waals surface area contributed by atoms with Gasteiger partial charge in [0.2, 0.25) is 0 Å². The number of halogens is 1. The van der Waals surface area contributed by atoms with Crippen molar-refractivity contribution < 1.29 is 14.3 Å². The number of fused-ring (bicyclic) bond motifs is 2. The van der Waals surface area contributed by atoms with E-state index in [9.17, 15) is 4.79 Å². The summed E-state index contributed by atoms with van der Waals surface area (Å²) in [6, 6.07) is 13.4. The molecule has 0 saturated carbocycles. The number of ether oxygens (including phenoxy) is 2. The zero-order chi connectivity index (χ0) is 15.9. The summed E-state index contributed by atoms with van der Waals surface area (Å²) in [5, 5.41) is 2.79. The predicted molar refractivity (Wildman–Crippen MR) is 90.0 cm³/mol. The van der Waals surface area contributed by atoms with Crippen molar-refractivity contribution in [1.82, 2.24) is 0 Å². The van der Waals surface area contributed by atoms with Crippen LogP contribution in [0.1, 0.15) is 11.1 Å². The third kappa shape index (κ3) is 2.49. The molecule has 2 aliphatic rings. The summed E-state index contributed by atoms with van der Waals surface area (Å²) >= 11 is 3.44. The third-order valence-corrected chi connectivity index (χ3v) is 4.30. The van der Waals surface area contributed by atoms with E-state index in [1.807, 2.05) is 42.5 Å². The van der Waals surface area contributed by atoms with Crippen LogP contribution in [0.5, 0.6) is 0 Å². The molecule has 5 nitrogen and oxygen atoms in total. The van der Waals surface area contributed by atoms with Gasteiger partial charge in [0.25, 0.3) is 11.7 Å². The SMILES string of the molecule is O=C1Nc2ccc(N=Cc3cccc(Br)c3)cc2C12OCCO2. The first-order chi connectivity index (χ1) is 11.2. The highest BCUT2D eigenvalue weighted by Gasteiger charge is 2.52. The van der Waals surface area contributed by atoms with Crippen molar-refractivity contribution in [2.75, 3.05) is 18.5 Å². The number of anilines is 1. The van der Waals surface area contributed by atoms with Gasteiger partial charge in [-0.3, -0.25) is 9.79 Å². The molecule has 0 aliphatic carbocycles. The van der Waals surface area contributed by atoms with Crippen LogP contribution in [0.2, 0.25) is 0 Å². The summed E-state index contributed by atoms with van der Waals surface area (Å²) in [4.78, 5) is 16.7. The molecular weight excluding hydrogens is 360 g/mol. The molecule has 2 aromatic rings. The van der Waals surface area contributed by atoms with E-state index >= 15 is 0 Å². The summed E-state index contributed by atoms with van der Waals surface area (Å²) in [5.41, 5.74) is 3.11. The molecule has 0 unspecified atom stereocenters. The molecule has 1 saturated heterocycles. The Kier molecular flexibility index (Phi) is 3.52. The van der Waals surface area contributed by atoms with Gasteiger partial charge in [0.05, 0.1) is 24.6 Å². The molecule has 2 aliphatic heterocycles. The molecule has 4 rings (SSSR count). The number of nitrogens with one attached hydrogen (secondary N) is 1. The van der Waals surface area contributed by atoms with Crippen LogP contribution in [0.25, 0.3) is 0 Å². The molecule has 0 radical (unpaired) electrons. The lowest BCUT2D eigenvalue weighted by Gasteiger charge is -2.19. The summed E-state index contributed by atoms with van der Waals surface area (Å²) in [6.07, 6.45) is 1.78. The molecule has 1 fully saturated rings. The number of aliphatic imine (C=N–C) groups is 1. The van der Waals surface area contributed by atoms with E-state index in [0.29, 0.717) is 24.5 Å². The largest absolute Gasteiger partial charge is 0.336 e. The standard InChI is InChI=1S/C17H13BrN2O3/c18-12-3-1-2-11(8-12)10-19-13-4-5-15-14(9-13)17(16(21)20-15)22-6-7-23-17/h1-5,8-10H,6-7H2,(H,20,21). The van der Waals surface area contributed by atoms with Crippen molar-refractivity contribution in [3.63, 3.8) is 0 Å². The first kappa shape index (κ1) is 14.6. The first-order valence-electron chi connectivity index (χ1n) is 7.21. The topological polar surface area (TPSA) is 59.9 Å². The molecule has 0 atom stereocenters. The average molecular weight is 373 g/mol. The lowest BCUT2D eigenvalue weighted by Crippen LogP contribution is -2.35. The maximum atomic E-state index is 12.2. The molecule has 2 heterocycles. The second kappa shape index (κ2) is 5.56. The summed E-state index contributed by atoms with van der Waals surface area (Å²) in [6.45, 7) is 0.802. The van der Waals surface area contributed by atoms with E-state index in [4.69, 9.17) is 9.47 Å². The van der Waals surface area contributed by atoms with Crippen LogP contribution in [-0.2, 0) is 20.1 Å². The minimum absolute atomic E-state index is 0.280. The monoisotopic (exact) mass is 372 g/mol. The number of rotatable bonds is 2. The summed E-state index contributed by atoms with van der Waals surface area (Å²) < 4.78 is 12.2. The van der Waals surface area contributed by atoms with E-state index in [2.05, 4.69) is 26.2 Å². The van der Waals surface area contributed by atoms with Gasteiger partial charge in [0.1, 0.15) is 0 Å². The third-order valence-electron chi connectivity index (χ3n) is 3.81. The fraction of sp³-hybridized carbons (Fsp3) is 0.176. The van der Waals surface area contributed by atoms with Crippen molar-refractivity contribution in [3.05, 3.63) is 58.1 Å². The van der Waals surface area contributed by atoms with Gasteiger partial charge in [0, 0.05) is 16.3 Å². The van der Waals surface area contributed by atoms with Crippen molar-refractivity contribution in [1.29, 1.82) is 0 Å². The summed E-state index contributed by atoms with van der Waals surface area (Å²) in [5.74, 6) is -1.59. The number of carbonyl (C=O) groups excluding carboxylic acids is 1. The zero-order valence-electron chi connectivity index (χ0n) is 12.1. The number of hydrogen-bond acceptors (Lipinski definition) is 4. The fourth-order valence-electron chi connectivity index (χ4n) is 2.76. The molecule has 1 amide bonds. The lowest BCUT2D eigenvalue weighted by atomic mass is 10.1. The van der Waals surface area contributed by atoms with Gasteiger partial charge in [-0.2, -0.15) is 0 Å². The van der Waals surface area contributed by atoms with Gasteiger partial charge in [-0.05, 0) is 35.9 Å². The Morgan fingerprint density at radius 1 is 1.17 bits per heavy atom. The quantitative estimate of drug-likeness (QED) is 0.822. The molecule has 23 heavy (non-hydrogen) atoms. The first-order valence-corrected chi connectivity index (χ1v) is 8.00. The Bertz CT molecular complexity index is 813. The Labute approximate surface area is 141 Å². The number of amides is 1. The molecule has 0 bridgehead atoms. The maximum absolute atomic E-state index is 12.2. The average Bonchev–Trinajstić information content (AvgIpc) is 3.14. The van der Waals surface area contributed by atoms with Gasteiger partial charge in [-0.25, -0.2) is 0 Å². The van der Waals surface area contributed by atoms with Crippen molar-refractivity contribution in [3.8, 4) is 0 Å². The van der Waals surface area contributed by atoms with Gasteiger partial charge < -0.3 is 14.8 Å². The minimum atomic E-state index is -1.31. The van der Waals surface area contributed by atoms with Gasteiger partial charge >= 0.3 is 0 Å². The van der Waals surface area contributed by atoms with E-state index in [1.165, 1.54) is 0 Å². The van der Waals surface area contributed by atoms with Gasteiger partial charge in [0.15, 0.2) is 0 Å². The molecule has 116 valence electrons. The number of hydrogen-bond donors (Lipinski definition) is 1. The fourth-order valence-corrected chi connectivity index (χ4v) is 3.17. The maximum Gasteiger partial charge on any atom is 0.289 e. The van der Waals surface area contributed by atoms with Crippen LogP contribution in [0.15, 0.2) is 51.9 Å². The van der Waals surface area contributed by atoms with Crippen molar-refractivity contribution in [2.45, 2.75) is 5.79 Å². The molecule has 0 aromatic heterocycles. The highest BCUT2D eigenvalue weighted by atomic mass is 79.9. The van der Waals surface area contributed by atoms with E-state index in [0.717, 1.165) is 15.7 Å².